The largest absolute Gasteiger partial charge is 0.299 e. The Morgan fingerprint density at radius 2 is 2.46 bits per heavy atom. The van der Waals surface area contributed by atoms with Crippen molar-refractivity contribution in [3.8, 4) is 0 Å². The first-order chi connectivity index (χ1) is 6.13. The summed E-state index contributed by atoms with van der Waals surface area (Å²) in [5, 5.41) is 0.628. The van der Waals surface area contributed by atoms with Gasteiger partial charge in [-0.3, -0.25) is 9.69 Å². The molecule has 0 amide bonds. The molecule has 0 aliphatic carbocycles. The Balaban J connectivity index is 2.42. The summed E-state index contributed by atoms with van der Waals surface area (Å²) >= 11 is 11.2. The van der Waals surface area contributed by atoms with Crippen molar-refractivity contribution in [1.82, 2.24) is 4.90 Å². The molecule has 1 atom stereocenters. The van der Waals surface area contributed by atoms with E-state index in [1.807, 2.05) is 6.92 Å². The van der Waals surface area contributed by atoms with Gasteiger partial charge in [0.25, 0.3) is 0 Å². The van der Waals surface area contributed by atoms with Gasteiger partial charge in [-0.25, -0.2) is 0 Å². The van der Waals surface area contributed by atoms with E-state index in [2.05, 4.69) is 4.90 Å². The molecule has 2 nitrogen and oxygen atoms in total. The third-order valence-electron chi connectivity index (χ3n) is 2.25. The van der Waals surface area contributed by atoms with E-state index in [-0.39, 0.29) is 5.92 Å². The van der Waals surface area contributed by atoms with Crippen LogP contribution in [0.1, 0.15) is 13.3 Å². The van der Waals surface area contributed by atoms with Gasteiger partial charge >= 0.3 is 0 Å². The molecular formula is C9H13Cl2NO. The van der Waals surface area contributed by atoms with Gasteiger partial charge < -0.3 is 0 Å². The Morgan fingerprint density at radius 3 is 3.00 bits per heavy atom. The number of ketones is 1. The zero-order chi connectivity index (χ0) is 9.84. The van der Waals surface area contributed by atoms with Crippen LogP contribution >= 0.6 is 23.2 Å². The van der Waals surface area contributed by atoms with Gasteiger partial charge in [-0.15, -0.1) is 0 Å². The van der Waals surface area contributed by atoms with Gasteiger partial charge in [0, 0.05) is 42.5 Å². The molecule has 4 heteroatoms. The zero-order valence-corrected chi connectivity index (χ0v) is 9.11. The first kappa shape index (κ1) is 11.0. The van der Waals surface area contributed by atoms with Crippen molar-refractivity contribution in [3.05, 3.63) is 10.6 Å². The molecule has 0 saturated carbocycles. The number of Topliss-reactive ketones (excluding diaryl/α,β-unsaturated/α-hetero) is 1. The topological polar surface area (TPSA) is 20.3 Å². The smallest absolute Gasteiger partial charge is 0.138 e. The van der Waals surface area contributed by atoms with E-state index in [1.165, 1.54) is 5.54 Å². The van der Waals surface area contributed by atoms with Gasteiger partial charge in [-0.05, 0) is 0 Å². The maximum atomic E-state index is 11.2. The molecule has 74 valence electrons. The second kappa shape index (κ2) is 4.99. The van der Waals surface area contributed by atoms with Crippen molar-refractivity contribution in [2.75, 3.05) is 19.6 Å². The Labute approximate surface area is 88.5 Å². The average Bonchev–Trinajstić information content (AvgIpc) is 2.11. The molecule has 0 aromatic heterocycles. The van der Waals surface area contributed by atoms with Crippen molar-refractivity contribution < 1.29 is 4.79 Å². The highest BCUT2D eigenvalue weighted by atomic mass is 35.5. The number of hydrogen-bond donors (Lipinski definition) is 0. The second-order valence-electron chi connectivity index (χ2n) is 3.41. The van der Waals surface area contributed by atoms with E-state index >= 15 is 0 Å². The number of carbonyl (C=O) groups is 1. The molecule has 1 rings (SSSR count). The number of nitrogens with zero attached hydrogens (tertiary/aromatic N) is 1. The molecule has 0 N–H and O–H groups in total. The van der Waals surface area contributed by atoms with Crippen LogP contribution in [0.5, 0.6) is 0 Å². The highest BCUT2D eigenvalue weighted by molar-refractivity contribution is 6.36. The highest BCUT2D eigenvalue weighted by Crippen LogP contribution is 2.15. The van der Waals surface area contributed by atoms with Gasteiger partial charge in [0.2, 0.25) is 0 Å². The van der Waals surface area contributed by atoms with Crippen LogP contribution in [-0.4, -0.2) is 30.3 Å². The predicted octanol–water partition coefficient (Wildman–Crippen LogP) is 2.22. The van der Waals surface area contributed by atoms with Crippen molar-refractivity contribution in [1.29, 1.82) is 0 Å². The second-order valence-corrected chi connectivity index (χ2v) is 4.11. The molecule has 13 heavy (non-hydrogen) atoms. The maximum Gasteiger partial charge on any atom is 0.138 e. The summed E-state index contributed by atoms with van der Waals surface area (Å²) in [4.78, 5) is 13.3. The third kappa shape index (κ3) is 3.29. The van der Waals surface area contributed by atoms with Crippen LogP contribution in [0.2, 0.25) is 0 Å². The van der Waals surface area contributed by atoms with E-state index in [9.17, 15) is 4.79 Å². The lowest BCUT2D eigenvalue weighted by Crippen LogP contribution is -2.40. The molecule has 0 spiro atoms. The molecule has 1 aliphatic heterocycles. The maximum absolute atomic E-state index is 11.2. The van der Waals surface area contributed by atoms with Gasteiger partial charge in [-0.1, -0.05) is 30.1 Å². The molecule has 0 bridgehead atoms. The van der Waals surface area contributed by atoms with Gasteiger partial charge in [0.15, 0.2) is 0 Å². The van der Waals surface area contributed by atoms with Crippen LogP contribution in [0.15, 0.2) is 10.6 Å². The first-order valence-corrected chi connectivity index (χ1v) is 5.14. The number of halogens is 2. The van der Waals surface area contributed by atoms with Crippen molar-refractivity contribution in [2.24, 2.45) is 5.92 Å². The normalized spacial score (nSPS) is 26.5. The molecule has 0 aromatic rings. The minimum Gasteiger partial charge on any atom is -0.299 e. The van der Waals surface area contributed by atoms with Gasteiger partial charge in [0.1, 0.15) is 5.78 Å². The minimum absolute atomic E-state index is 0.133. The molecule has 1 fully saturated rings. The lowest BCUT2D eigenvalue weighted by atomic mass is 9.99. The lowest BCUT2D eigenvalue weighted by molar-refractivity contribution is -0.125. The fourth-order valence-electron chi connectivity index (χ4n) is 1.49. The van der Waals surface area contributed by atoms with Crippen LogP contribution in [0.25, 0.3) is 0 Å². The predicted molar refractivity (Wildman–Crippen MR) is 55.0 cm³/mol. The van der Waals surface area contributed by atoms with Crippen LogP contribution in [0.4, 0.5) is 0 Å². The first-order valence-electron chi connectivity index (χ1n) is 4.33. The third-order valence-corrected chi connectivity index (χ3v) is 2.85. The van der Waals surface area contributed by atoms with Crippen molar-refractivity contribution in [3.63, 3.8) is 0 Å². The number of hydrogen-bond acceptors (Lipinski definition) is 2. The summed E-state index contributed by atoms with van der Waals surface area (Å²) < 4.78 is 0. The van der Waals surface area contributed by atoms with E-state index in [0.717, 1.165) is 13.1 Å². The molecule has 1 aliphatic rings. The summed E-state index contributed by atoms with van der Waals surface area (Å²) in [6.07, 6.45) is 0.633. The standard InChI is InChI=1S/C9H13Cl2NO/c1-7-5-12(3-2-9(7)13)6-8(11)4-10/h4,7H,2-3,5-6H2,1H3. The number of rotatable bonds is 2. The zero-order valence-electron chi connectivity index (χ0n) is 7.59. The van der Waals surface area contributed by atoms with Gasteiger partial charge in [-0.2, -0.15) is 0 Å². The molecule has 1 unspecified atom stereocenters. The summed E-state index contributed by atoms with van der Waals surface area (Å²) in [6.45, 7) is 4.19. The Morgan fingerprint density at radius 1 is 1.77 bits per heavy atom. The summed E-state index contributed by atoms with van der Waals surface area (Å²) in [6, 6.07) is 0. The molecule has 1 saturated heterocycles. The fraction of sp³-hybridized carbons (Fsp3) is 0.667. The van der Waals surface area contributed by atoms with Crippen molar-refractivity contribution >= 4 is 29.0 Å². The fourth-order valence-corrected chi connectivity index (χ4v) is 1.72. The molecule has 0 radical (unpaired) electrons. The van der Waals surface area contributed by atoms with Crippen LogP contribution in [-0.2, 0) is 4.79 Å². The summed E-state index contributed by atoms with van der Waals surface area (Å²) in [5.74, 6) is 0.482. The van der Waals surface area contributed by atoms with Gasteiger partial charge in [0.05, 0.1) is 0 Å². The Hall–Kier alpha value is -0.0500. The van der Waals surface area contributed by atoms with E-state index in [0.29, 0.717) is 23.8 Å². The van der Waals surface area contributed by atoms with E-state index < -0.39 is 0 Å². The highest BCUT2D eigenvalue weighted by Gasteiger charge is 2.23. The Kier molecular flexibility index (Phi) is 4.23. The quantitative estimate of drug-likeness (QED) is 0.713. The average molecular weight is 222 g/mol. The molecule has 1 heterocycles. The number of piperidine rings is 1. The van der Waals surface area contributed by atoms with Crippen LogP contribution in [0, 0.1) is 5.92 Å². The Bertz CT molecular complexity index is 228. The monoisotopic (exact) mass is 221 g/mol. The van der Waals surface area contributed by atoms with Crippen LogP contribution in [0.3, 0.4) is 0 Å². The van der Waals surface area contributed by atoms with E-state index in [1.54, 1.807) is 0 Å². The lowest BCUT2D eigenvalue weighted by Gasteiger charge is -2.29. The van der Waals surface area contributed by atoms with E-state index in [4.69, 9.17) is 23.2 Å². The van der Waals surface area contributed by atoms with Crippen molar-refractivity contribution in [2.45, 2.75) is 13.3 Å². The number of carbonyl (C=O) groups excluding carboxylic acids is 1. The summed E-state index contributed by atoms with van der Waals surface area (Å²) in [5.41, 5.74) is 1.38. The summed E-state index contributed by atoms with van der Waals surface area (Å²) in [7, 11) is 0. The molecule has 0 aromatic carbocycles. The van der Waals surface area contributed by atoms with Crippen LogP contribution < -0.4 is 0 Å². The molecular weight excluding hydrogens is 209 g/mol. The number of likely N-dealkylation sites (tertiary alicyclic amines) is 1. The SMILES string of the molecule is CC1CN(CC(Cl)=CCl)CCC1=O. The minimum atomic E-state index is 0.133.